The Bertz CT molecular complexity index is 175. The first kappa shape index (κ1) is 14.2. The predicted molar refractivity (Wildman–Crippen MR) is 63.9 cm³/mol. The van der Waals surface area contributed by atoms with Crippen LogP contribution in [0.2, 0.25) is 0 Å². The van der Waals surface area contributed by atoms with Gasteiger partial charge in [-0.05, 0) is 25.7 Å². The van der Waals surface area contributed by atoms with Crippen molar-refractivity contribution < 1.29 is 9.90 Å². The second kappa shape index (κ2) is 9.75. The summed E-state index contributed by atoms with van der Waals surface area (Å²) in [6.07, 6.45) is 10.1. The van der Waals surface area contributed by atoms with Gasteiger partial charge in [0.15, 0.2) is 0 Å². The van der Waals surface area contributed by atoms with Crippen LogP contribution in [-0.2, 0) is 4.79 Å². The second-order valence-electron chi connectivity index (χ2n) is 4.10. The van der Waals surface area contributed by atoms with Crippen LogP contribution in [0.3, 0.4) is 0 Å². The topological polar surface area (TPSA) is 37.3 Å². The smallest absolute Gasteiger partial charge is 0.306 e. The Morgan fingerprint density at radius 2 is 1.93 bits per heavy atom. The molecule has 0 rings (SSSR count). The van der Waals surface area contributed by atoms with Gasteiger partial charge in [-0.15, -0.1) is 6.58 Å². The monoisotopic (exact) mass is 212 g/mol. The Kier molecular flexibility index (Phi) is 9.24. The lowest BCUT2D eigenvalue weighted by Crippen LogP contribution is -2.13. The van der Waals surface area contributed by atoms with E-state index in [0.717, 1.165) is 51.4 Å². The first-order valence-corrected chi connectivity index (χ1v) is 6.06. The Hall–Kier alpha value is -0.790. The molecule has 0 bridgehead atoms. The maximum absolute atomic E-state index is 10.9. The van der Waals surface area contributed by atoms with Gasteiger partial charge in [0.1, 0.15) is 0 Å². The summed E-state index contributed by atoms with van der Waals surface area (Å²) >= 11 is 0. The predicted octanol–water partition coefficient (Wildman–Crippen LogP) is 4.01. The SMILES string of the molecule is C=CCCCCCC(CCCC)C(=O)O. The van der Waals surface area contributed by atoms with Crippen LogP contribution in [0.4, 0.5) is 0 Å². The summed E-state index contributed by atoms with van der Waals surface area (Å²) in [6, 6.07) is 0. The Labute approximate surface area is 93.4 Å². The largest absolute Gasteiger partial charge is 0.481 e. The summed E-state index contributed by atoms with van der Waals surface area (Å²) in [5, 5.41) is 8.99. The van der Waals surface area contributed by atoms with Gasteiger partial charge in [-0.2, -0.15) is 0 Å². The summed E-state index contributed by atoms with van der Waals surface area (Å²) in [7, 11) is 0. The molecule has 1 unspecified atom stereocenters. The molecule has 0 amide bonds. The summed E-state index contributed by atoms with van der Waals surface area (Å²) in [5.41, 5.74) is 0. The van der Waals surface area contributed by atoms with Gasteiger partial charge in [0, 0.05) is 0 Å². The number of aliphatic carboxylic acids is 1. The van der Waals surface area contributed by atoms with E-state index in [1.54, 1.807) is 0 Å². The van der Waals surface area contributed by atoms with Crippen LogP contribution in [-0.4, -0.2) is 11.1 Å². The minimum absolute atomic E-state index is 0.117. The van der Waals surface area contributed by atoms with E-state index in [9.17, 15) is 4.79 Å². The maximum atomic E-state index is 10.9. The fourth-order valence-electron chi connectivity index (χ4n) is 1.70. The Balaban J connectivity index is 3.57. The van der Waals surface area contributed by atoms with Crippen LogP contribution < -0.4 is 0 Å². The molecule has 0 aromatic carbocycles. The number of rotatable bonds is 10. The third kappa shape index (κ3) is 8.22. The van der Waals surface area contributed by atoms with Gasteiger partial charge in [0.05, 0.1) is 5.92 Å². The number of carboxylic acids is 1. The summed E-state index contributed by atoms with van der Waals surface area (Å²) in [5.74, 6) is -0.735. The molecule has 0 aliphatic carbocycles. The zero-order valence-electron chi connectivity index (χ0n) is 9.87. The molecule has 0 fully saturated rings. The molecule has 88 valence electrons. The van der Waals surface area contributed by atoms with E-state index in [1.165, 1.54) is 0 Å². The fraction of sp³-hybridized carbons (Fsp3) is 0.769. The van der Waals surface area contributed by atoms with Crippen molar-refractivity contribution in [1.29, 1.82) is 0 Å². The van der Waals surface area contributed by atoms with Crippen LogP contribution in [0.1, 0.15) is 58.3 Å². The molecule has 1 atom stereocenters. The molecule has 0 heterocycles. The molecule has 0 radical (unpaired) electrons. The normalized spacial score (nSPS) is 12.3. The number of hydrogen-bond donors (Lipinski definition) is 1. The van der Waals surface area contributed by atoms with Crippen molar-refractivity contribution in [3.05, 3.63) is 12.7 Å². The highest BCUT2D eigenvalue weighted by molar-refractivity contribution is 5.69. The fourth-order valence-corrected chi connectivity index (χ4v) is 1.70. The molecule has 0 aromatic heterocycles. The van der Waals surface area contributed by atoms with E-state index in [1.807, 2.05) is 6.08 Å². The highest BCUT2D eigenvalue weighted by Gasteiger charge is 2.15. The van der Waals surface area contributed by atoms with Crippen molar-refractivity contribution in [3.63, 3.8) is 0 Å². The van der Waals surface area contributed by atoms with Crippen LogP contribution in [0.15, 0.2) is 12.7 Å². The Morgan fingerprint density at radius 3 is 2.47 bits per heavy atom. The van der Waals surface area contributed by atoms with E-state index in [-0.39, 0.29) is 5.92 Å². The first-order valence-electron chi connectivity index (χ1n) is 6.06. The lowest BCUT2D eigenvalue weighted by molar-refractivity contribution is -0.142. The zero-order chi connectivity index (χ0) is 11.5. The minimum atomic E-state index is -0.618. The van der Waals surface area contributed by atoms with Gasteiger partial charge in [-0.3, -0.25) is 4.79 Å². The van der Waals surface area contributed by atoms with Crippen LogP contribution in [0.5, 0.6) is 0 Å². The molecule has 0 aliphatic heterocycles. The summed E-state index contributed by atoms with van der Waals surface area (Å²) in [6.45, 7) is 5.77. The van der Waals surface area contributed by atoms with E-state index in [0.29, 0.717) is 0 Å². The van der Waals surface area contributed by atoms with Gasteiger partial charge in [0.25, 0.3) is 0 Å². The van der Waals surface area contributed by atoms with Crippen molar-refractivity contribution in [2.75, 3.05) is 0 Å². The van der Waals surface area contributed by atoms with Crippen molar-refractivity contribution in [2.24, 2.45) is 5.92 Å². The van der Waals surface area contributed by atoms with Crippen molar-refractivity contribution in [3.8, 4) is 0 Å². The van der Waals surface area contributed by atoms with Gasteiger partial charge >= 0.3 is 5.97 Å². The van der Waals surface area contributed by atoms with Crippen molar-refractivity contribution >= 4 is 5.97 Å². The van der Waals surface area contributed by atoms with E-state index in [2.05, 4.69) is 13.5 Å². The Morgan fingerprint density at radius 1 is 1.27 bits per heavy atom. The van der Waals surface area contributed by atoms with Crippen LogP contribution in [0.25, 0.3) is 0 Å². The summed E-state index contributed by atoms with van der Waals surface area (Å²) < 4.78 is 0. The number of unbranched alkanes of at least 4 members (excludes halogenated alkanes) is 4. The number of allylic oxidation sites excluding steroid dienone is 1. The highest BCUT2D eigenvalue weighted by Crippen LogP contribution is 2.17. The second-order valence-corrected chi connectivity index (χ2v) is 4.10. The average molecular weight is 212 g/mol. The molecule has 0 aromatic rings. The molecule has 15 heavy (non-hydrogen) atoms. The molecule has 0 saturated heterocycles. The third-order valence-electron chi connectivity index (χ3n) is 2.72. The number of carboxylic acid groups (broad SMARTS) is 1. The zero-order valence-corrected chi connectivity index (χ0v) is 9.87. The maximum Gasteiger partial charge on any atom is 0.306 e. The molecular formula is C13H24O2. The minimum Gasteiger partial charge on any atom is -0.481 e. The van der Waals surface area contributed by atoms with E-state index >= 15 is 0 Å². The van der Waals surface area contributed by atoms with Crippen LogP contribution >= 0.6 is 0 Å². The molecule has 0 aliphatic rings. The first-order chi connectivity index (χ1) is 7.22. The quantitative estimate of drug-likeness (QED) is 0.439. The standard InChI is InChI=1S/C13H24O2/c1-3-5-7-8-9-11-12(13(14)15)10-6-4-2/h3,12H,1,4-11H2,2H3,(H,14,15). The molecule has 1 N–H and O–H groups in total. The number of carbonyl (C=O) groups is 1. The average Bonchev–Trinajstić information content (AvgIpc) is 2.21. The van der Waals surface area contributed by atoms with Gasteiger partial charge in [-0.1, -0.05) is 38.7 Å². The van der Waals surface area contributed by atoms with Gasteiger partial charge in [-0.25, -0.2) is 0 Å². The van der Waals surface area contributed by atoms with Gasteiger partial charge in [0.2, 0.25) is 0 Å². The van der Waals surface area contributed by atoms with Gasteiger partial charge < -0.3 is 5.11 Å². The lowest BCUT2D eigenvalue weighted by Gasteiger charge is -2.10. The molecule has 0 spiro atoms. The highest BCUT2D eigenvalue weighted by atomic mass is 16.4. The third-order valence-corrected chi connectivity index (χ3v) is 2.72. The molecule has 2 nitrogen and oxygen atoms in total. The van der Waals surface area contributed by atoms with E-state index < -0.39 is 5.97 Å². The number of hydrogen-bond acceptors (Lipinski definition) is 1. The van der Waals surface area contributed by atoms with E-state index in [4.69, 9.17) is 5.11 Å². The van der Waals surface area contributed by atoms with Crippen LogP contribution in [0, 0.1) is 5.92 Å². The molecule has 0 saturated carbocycles. The van der Waals surface area contributed by atoms with Crippen molar-refractivity contribution in [1.82, 2.24) is 0 Å². The molecule has 2 heteroatoms. The lowest BCUT2D eigenvalue weighted by atomic mass is 9.95. The van der Waals surface area contributed by atoms with Crippen molar-refractivity contribution in [2.45, 2.75) is 58.3 Å². The summed E-state index contributed by atoms with van der Waals surface area (Å²) in [4.78, 5) is 10.9. The molecular weight excluding hydrogens is 188 g/mol.